The number of hydrogen-bond acceptors (Lipinski definition) is 2. The number of nitrogens with one attached hydrogen (secondary N) is 1. The van der Waals surface area contributed by atoms with Crippen LogP contribution in [-0.4, -0.2) is 24.1 Å². The Balaban J connectivity index is 2.01. The fourth-order valence-electron chi connectivity index (χ4n) is 1.25. The maximum atomic E-state index is 5.15. The summed E-state index contributed by atoms with van der Waals surface area (Å²) in [7, 11) is 0. The molecule has 1 fully saturated rings. The number of terminal acetylenes is 1. The zero-order chi connectivity index (χ0) is 7.94. The van der Waals surface area contributed by atoms with Crippen LogP contribution in [0.25, 0.3) is 0 Å². The molecule has 0 aliphatic carbocycles. The zero-order valence-corrected chi connectivity index (χ0v) is 7.62. The largest absolute Gasteiger partial charge is 0.312 e. The molecule has 0 spiro atoms. The Labute approximate surface area is 73.3 Å². The Morgan fingerprint density at radius 3 is 3.18 bits per heavy atom. The minimum atomic E-state index is 0.724. The first-order valence-corrected chi connectivity index (χ1v) is 5.33. The van der Waals surface area contributed by atoms with E-state index < -0.39 is 0 Å². The molecule has 1 N–H and O–H groups in total. The van der Waals surface area contributed by atoms with Gasteiger partial charge in [-0.3, -0.25) is 0 Å². The molecule has 0 aromatic heterocycles. The summed E-state index contributed by atoms with van der Waals surface area (Å²) in [6, 6.07) is 0.724. The van der Waals surface area contributed by atoms with Crippen molar-refractivity contribution in [3.05, 3.63) is 0 Å². The van der Waals surface area contributed by atoms with Crippen LogP contribution in [0.3, 0.4) is 0 Å². The topological polar surface area (TPSA) is 12.0 Å². The van der Waals surface area contributed by atoms with Gasteiger partial charge < -0.3 is 5.32 Å². The van der Waals surface area contributed by atoms with Gasteiger partial charge in [0.1, 0.15) is 0 Å². The van der Waals surface area contributed by atoms with Crippen LogP contribution in [0.2, 0.25) is 0 Å². The molecule has 1 heterocycles. The third kappa shape index (κ3) is 3.69. The van der Waals surface area contributed by atoms with Crippen molar-refractivity contribution in [3.63, 3.8) is 0 Å². The smallest absolute Gasteiger partial charge is 0.0212 e. The van der Waals surface area contributed by atoms with Crippen LogP contribution in [0.4, 0.5) is 0 Å². The minimum Gasteiger partial charge on any atom is -0.312 e. The van der Waals surface area contributed by atoms with E-state index in [2.05, 4.69) is 11.2 Å². The van der Waals surface area contributed by atoms with Gasteiger partial charge in [0.25, 0.3) is 0 Å². The highest BCUT2D eigenvalue weighted by molar-refractivity contribution is 7.99. The van der Waals surface area contributed by atoms with Crippen molar-refractivity contribution in [1.82, 2.24) is 5.32 Å². The molecule has 1 atom stereocenters. The third-order valence-electron chi connectivity index (χ3n) is 1.86. The van der Waals surface area contributed by atoms with Gasteiger partial charge in [0, 0.05) is 24.8 Å². The van der Waals surface area contributed by atoms with Crippen molar-refractivity contribution >= 4 is 11.8 Å². The fourth-order valence-corrected chi connectivity index (χ4v) is 2.36. The van der Waals surface area contributed by atoms with E-state index in [-0.39, 0.29) is 0 Å². The van der Waals surface area contributed by atoms with Crippen molar-refractivity contribution in [3.8, 4) is 12.3 Å². The van der Waals surface area contributed by atoms with E-state index in [9.17, 15) is 0 Å². The first-order valence-electron chi connectivity index (χ1n) is 4.18. The Kier molecular flexibility index (Phi) is 4.49. The van der Waals surface area contributed by atoms with E-state index in [0.29, 0.717) is 0 Å². The van der Waals surface area contributed by atoms with Gasteiger partial charge in [0.2, 0.25) is 0 Å². The van der Waals surface area contributed by atoms with Crippen molar-refractivity contribution in [1.29, 1.82) is 0 Å². The van der Waals surface area contributed by atoms with E-state index >= 15 is 0 Å². The SMILES string of the molecule is C#CCCNC1CCCSC1. The highest BCUT2D eigenvalue weighted by Crippen LogP contribution is 2.16. The Bertz CT molecular complexity index is 133. The predicted octanol–water partition coefficient (Wildman–Crippen LogP) is 1.49. The van der Waals surface area contributed by atoms with Crippen molar-refractivity contribution < 1.29 is 0 Å². The first-order chi connectivity index (χ1) is 5.43. The molecule has 1 nitrogen and oxygen atoms in total. The second kappa shape index (κ2) is 5.51. The molecular formula is C9H15NS. The second-order valence-corrected chi connectivity index (χ2v) is 3.97. The number of thioether (sulfide) groups is 1. The predicted molar refractivity (Wildman–Crippen MR) is 51.8 cm³/mol. The zero-order valence-electron chi connectivity index (χ0n) is 6.81. The van der Waals surface area contributed by atoms with Gasteiger partial charge in [-0.1, -0.05) is 0 Å². The molecule has 1 aliphatic rings. The van der Waals surface area contributed by atoms with E-state index in [1.165, 1.54) is 24.3 Å². The van der Waals surface area contributed by atoms with Crippen LogP contribution >= 0.6 is 11.8 Å². The van der Waals surface area contributed by atoms with E-state index in [1.54, 1.807) is 0 Å². The van der Waals surface area contributed by atoms with Gasteiger partial charge in [0.05, 0.1) is 0 Å². The molecule has 0 aromatic rings. The Hall–Kier alpha value is -0.130. The molecular weight excluding hydrogens is 154 g/mol. The average Bonchev–Trinajstić information content (AvgIpc) is 2.07. The van der Waals surface area contributed by atoms with Crippen LogP contribution in [0, 0.1) is 12.3 Å². The molecule has 1 rings (SSSR count). The summed E-state index contributed by atoms with van der Waals surface area (Å²) >= 11 is 2.05. The van der Waals surface area contributed by atoms with Crippen LogP contribution in [0.1, 0.15) is 19.3 Å². The maximum Gasteiger partial charge on any atom is 0.0212 e. The Morgan fingerprint density at radius 2 is 2.55 bits per heavy atom. The standard InChI is InChI=1S/C9H15NS/c1-2-3-6-10-9-5-4-7-11-8-9/h1,9-10H,3-8H2. The average molecular weight is 169 g/mol. The molecule has 62 valence electrons. The van der Waals surface area contributed by atoms with Crippen LogP contribution in [0.5, 0.6) is 0 Å². The van der Waals surface area contributed by atoms with Gasteiger partial charge >= 0.3 is 0 Å². The lowest BCUT2D eigenvalue weighted by Crippen LogP contribution is -2.34. The number of rotatable bonds is 3. The summed E-state index contributed by atoms with van der Waals surface area (Å²) in [6.45, 7) is 0.988. The lowest BCUT2D eigenvalue weighted by molar-refractivity contribution is 0.515. The lowest BCUT2D eigenvalue weighted by atomic mass is 10.2. The van der Waals surface area contributed by atoms with Gasteiger partial charge in [-0.2, -0.15) is 11.8 Å². The quantitative estimate of drug-likeness (QED) is 0.507. The van der Waals surface area contributed by atoms with E-state index in [4.69, 9.17) is 6.42 Å². The third-order valence-corrected chi connectivity index (χ3v) is 3.08. The molecule has 0 bridgehead atoms. The summed E-state index contributed by atoms with van der Waals surface area (Å²) in [6.07, 6.45) is 8.70. The summed E-state index contributed by atoms with van der Waals surface area (Å²) in [4.78, 5) is 0. The van der Waals surface area contributed by atoms with Gasteiger partial charge in [-0.15, -0.1) is 12.3 Å². The monoisotopic (exact) mass is 169 g/mol. The van der Waals surface area contributed by atoms with Crippen LogP contribution in [-0.2, 0) is 0 Å². The molecule has 0 saturated carbocycles. The molecule has 2 heteroatoms. The molecule has 1 aliphatic heterocycles. The van der Waals surface area contributed by atoms with E-state index in [1.807, 2.05) is 11.8 Å². The maximum absolute atomic E-state index is 5.15. The fraction of sp³-hybridized carbons (Fsp3) is 0.778. The summed E-state index contributed by atoms with van der Waals surface area (Å²) in [5.41, 5.74) is 0. The molecule has 11 heavy (non-hydrogen) atoms. The minimum absolute atomic E-state index is 0.724. The van der Waals surface area contributed by atoms with Crippen LogP contribution in [0.15, 0.2) is 0 Å². The van der Waals surface area contributed by atoms with Crippen molar-refractivity contribution in [2.24, 2.45) is 0 Å². The van der Waals surface area contributed by atoms with Crippen molar-refractivity contribution in [2.75, 3.05) is 18.1 Å². The second-order valence-electron chi connectivity index (χ2n) is 2.82. The summed E-state index contributed by atoms with van der Waals surface area (Å²) in [5.74, 6) is 5.25. The van der Waals surface area contributed by atoms with Gasteiger partial charge in [-0.25, -0.2) is 0 Å². The van der Waals surface area contributed by atoms with Crippen LogP contribution < -0.4 is 5.32 Å². The van der Waals surface area contributed by atoms with Gasteiger partial charge in [0.15, 0.2) is 0 Å². The summed E-state index contributed by atoms with van der Waals surface area (Å²) in [5, 5.41) is 3.46. The molecule has 0 amide bonds. The van der Waals surface area contributed by atoms with E-state index in [0.717, 1.165) is 19.0 Å². The summed E-state index contributed by atoms with van der Waals surface area (Å²) < 4.78 is 0. The first kappa shape index (κ1) is 8.96. The molecule has 1 saturated heterocycles. The molecule has 1 unspecified atom stereocenters. The van der Waals surface area contributed by atoms with Gasteiger partial charge in [-0.05, 0) is 18.6 Å². The lowest BCUT2D eigenvalue weighted by Gasteiger charge is -2.21. The highest BCUT2D eigenvalue weighted by atomic mass is 32.2. The number of hydrogen-bond donors (Lipinski definition) is 1. The Morgan fingerprint density at radius 1 is 1.64 bits per heavy atom. The molecule has 0 radical (unpaired) electrons. The highest BCUT2D eigenvalue weighted by Gasteiger charge is 2.11. The molecule has 0 aromatic carbocycles. The normalized spacial score (nSPS) is 24.5. The van der Waals surface area contributed by atoms with Crippen molar-refractivity contribution in [2.45, 2.75) is 25.3 Å².